The average Bonchev–Trinajstić information content (AvgIpc) is 2.46. The Kier molecular flexibility index (Phi) is 4.35. The first-order valence-corrected chi connectivity index (χ1v) is 5.98. The zero-order valence-electron chi connectivity index (χ0n) is 10.0. The first-order chi connectivity index (χ1) is 9.22. The number of aromatic nitrogens is 1. The summed E-state index contributed by atoms with van der Waals surface area (Å²) in [5.74, 6) is 0.595. The van der Waals surface area contributed by atoms with Gasteiger partial charge in [-0.3, -0.25) is 4.98 Å². The minimum absolute atomic E-state index is 0.0955. The second-order valence-corrected chi connectivity index (χ2v) is 4.26. The fourth-order valence-corrected chi connectivity index (χ4v) is 1.72. The van der Waals surface area contributed by atoms with Crippen LogP contribution in [0.5, 0.6) is 5.75 Å². The van der Waals surface area contributed by atoms with E-state index in [2.05, 4.69) is 4.98 Å². The van der Waals surface area contributed by atoms with Crippen molar-refractivity contribution in [1.82, 2.24) is 4.98 Å². The first kappa shape index (κ1) is 13.3. The van der Waals surface area contributed by atoms with Crippen molar-refractivity contribution >= 4 is 11.6 Å². The highest BCUT2D eigenvalue weighted by Gasteiger charge is 2.03. The molecule has 1 aromatic carbocycles. The maximum atomic E-state index is 8.88. The van der Waals surface area contributed by atoms with Gasteiger partial charge in [0.15, 0.2) is 0 Å². The quantitative estimate of drug-likeness (QED) is 0.931. The minimum atomic E-state index is -0.0955. The summed E-state index contributed by atoms with van der Waals surface area (Å²) >= 11 is 6.04. The van der Waals surface area contributed by atoms with Gasteiger partial charge in [0.05, 0.1) is 30.1 Å². The normalized spacial score (nSPS) is 9.95. The molecule has 0 amide bonds. The molecule has 0 unspecified atom stereocenters. The summed E-state index contributed by atoms with van der Waals surface area (Å²) in [5.41, 5.74) is 1.90. The molecule has 0 saturated carbocycles. The Morgan fingerprint density at radius 3 is 2.74 bits per heavy atom. The van der Waals surface area contributed by atoms with Crippen LogP contribution in [0.4, 0.5) is 0 Å². The Morgan fingerprint density at radius 1 is 1.32 bits per heavy atom. The largest absolute Gasteiger partial charge is 0.487 e. The van der Waals surface area contributed by atoms with Gasteiger partial charge in [0.25, 0.3) is 0 Å². The van der Waals surface area contributed by atoms with Gasteiger partial charge in [-0.1, -0.05) is 17.7 Å². The summed E-state index contributed by atoms with van der Waals surface area (Å²) in [4.78, 5) is 4.01. The van der Waals surface area contributed by atoms with Crippen LogP contribution in [0.2, 0.25) is 5.02 Å². The molecule has 2 rings (SSSR count). The van der Waals surface area contributed by atoms with Crippen LogP contribution in [0.25, 0.3) is 0 Å². The van der Waals surface area contributed by atoms with E-state index < -0.39 is 0 Å². The van der Waals surface area contributed by atoms with E-state index >= 15 is 0 Å². The molecule has 19 heavy (non-hydrogen) atoms. The fraction of sp³-hybridized carbons (Fsp3) is 0.143. The van der Waals surface area contributed by atoms with Crippen molar-refractivity contribution < 1.29 is 9.84 Å². The molecule has 1 N–H and O–H groups in total. The number of pyridine rings is 1. The van der Waals surface area contributed by atoms with Crippen LogP contribution >= 0.6 is 11.6 Å². The number of hydrogen-bond acceptors (Lipinski definition) is 4. The molecule has 0 fully saturated rings. The van der Waals surface area contributed by atoms with Crippen molar-refractivity contribution in [1.29, 1.82) is 5.26 Å². The highest BCUT2D eigenvalue weighted by Crippen LogP contribution is 2.20. The van der Waals surface area contributed by atoms with Crippen molar-refractivity contribution in [2.24, 2.45) is 0 Å². The lowest BCUT2D eigenvalue weighted by Gasteiger charge is -2.08. The lowest BCUT2D eigenvalue weighted by atomic mass is 10.1. The van der Waals surface area contributed by atoms with Gasteiger partial charge in [-0.2, -0.15) is 5.26 Å². The Morgan fingerprint density at radius 2 is 2.16 bits per heavy atom. The number of nitrogens with zero attached hydrogens (tertiary/aromatic N) is 2. The number of rotatable bonds is 4. The number of hydrogen-bond donors (Lipinski definition) is 1. The third kappa shape index (κ3) is 3.44. The Balaban J connectivity index is 2.04. The molecule has 0 bridgehead atoms. The molecule has 1 aromatic heterocycles. The van der Waals surface area contributed by atoms with Crippen LogP contribution in [-0.4, -0.2) is 10.1 Å². The van der Waals surface area contributed by atoms with Gasteiger partial charge in [-0.25, -0.2) is 0 Å². The van der Waals surface area contributed by atoms with Gasteiger partial charge in [0, 0.05) is 10.6 Å². The van der Waals surface area contributed by atoms with E-state index in [1.165, 1.54) is 0 Å². The monoisotopic (exact) mass is 274 g/mol. The molecule has 2 aromatic rings. The van der Waals surface area contributed by atoms with Crippen molar-refractivity contribution in [3.8, 4) is 11.8 Å². The van der Waals surface area contributed by atoms with E-state index in [0.717, 1.165) is 5.56 Å². The molecule has 0 saturated heterocycles. The highest BCUT2D eigenvalue weighted by molar-refractivity contribution is 6.31. The van der Waals surface area contributed by atoms with E-state index in [-0.39, 0.29) is 6.61 Å². The molecule has 0 aliphatic carbocycles. The van der Waals surface area contributed by atoms with Crippen molar-refractivity contribution in [2.45, 2.75) is 13.2 Å². The predicted molar refractivity (Wildman–Crippen MR) is 70.7 cm³/mol. The van der Waals surface area contributed by atoms with Gasteiger partial charge in [0.2, 0.25) is 0 Å². The van der Waals surface area contributed by atoms with Crippen LogP contribution in [0.3, 0.4) is 0 Å². The van der Waals surface area contributed by atoms with Gasteiger partial charge in [0.1, 0.15) is 12.4 Å². The number of aliphatic hydroxyl groups excluding tert-OH is 1. The van der Waals surface area contributed by atoms with Gasteiger partial charge < -0.3 is 9.84 Å². The molecular weight excluding hydrogens is 264 g/mol. The fourth-order valence-electron chi connectivity index (χ4n) is 1.48. The molecule has 5 heteroatoms. The van der Waals surface area contributed by atoms with Gasteiger partial charge >= 0.3 is 0 Å². The van der Waals surface area contributed by atoms with Crippen molar-refractivity contribution in [3.63, 3.8) is 0 Å². The lowest BCUT2D eigenvalue weighted by Crippen LogP contribution is -1.98. The summed E-state index contributed by atoms with van der Waals surface area (Å²) in [6, 6.07) is 10.5. The third-order valence-corrected chi connectivity index (χ3v) is 2.89. The zero-order chi connectivity index (χ0) is 13.7. The van der Waals surface area contributed by atoms with Crippen LogP contribution in [0.1, 0.15) is 16.8 Å². The average molecular weight is 275 g/mol. The van der Waals surface area contributed by atoms with E-state index in [9.17, 15) is 0 Å². The van der Waals surface area contributed by atoms with Crippen LogP contribution < -0.4 is 4.74 Å². The predicted octanol–water partition coefficient (Wildman–Crippen LogP) is 2.68. The maximum absolute atomic E-state index is 8.88. The van der Waals surface area contributed by atoms with Crippen LogP contribution in [0.15, 0.2) is 36.5 Å². The zero-order valence-corrected chi connectivity index (χ0v) is 10.8. The number of ether oxygens (including phenoxy) is 1. The van der Waals surface area contributed by atoms with E-state index in [4.69, 9.17) is 26.7 Å². The van der Waals surface area contributed by atoms with Gasteiger partial charge in [-0.05, 0) is 24.3 Å². The van der Waals surface area contributed by atoms with Crippen LogP contribution in [0, 0.1) is 11.3 Å². The first-order valence-electron chi connectivity index (χ1n) is 5.60. The standard InChI is InChI=1S/C14H11ClN2O2/c15-14-5-10(6-16)1-2-11(14)9-19-13-4-3-12(8-18)17-7-13/h1-5,7,18H,8-9H2. The lowest BCUT2D eigenvalue weighted by molar-refractivity contribution is 0.275. The number of halogens is 1. The molecule has 0 aliphatic rings. The second-order valence-electron chi connectivity index (χ2n) is 3.85. The molecule has 4 nitrogen and oxygen atoms in total. The molecule has 0 aliphatic heterocycles. The molecule has 0 atom stereocenters. The summed E-state index contributed by atoms with van der Waals surface area (Å²) < 4.78 is 5.53. The second kappa shape index (κ2) is 6.19. The summed E-state index contributed by atoms with van der Waals surface area (Å²) in [7, 11) is 0. The maximum Gasteiger partial charge on any atom is 0.138 e. The van der Waals surface area contributed by atoms with Crippen molar-refractivity contribution in [2.75, 3.05) is 0 Å². The Labute approximate surface area is 115 Å². The number of aliphatic hydroxyl groups is 1. The Bertz CT molecular complexity index is 606. The summed E-state index contributed by atoms with van der Waals surface area (Å²) in [6.07, 6.45) is 1.54. The van der Waals surface area contributed by atoms with Crippen molar-refractivity contribution in [3.05, 3.63) is 58.4 Å². The minimum Gasteiger partial charge on any atom is -0.487 e. The summed E-state index contributed by atoms with van der Waals surface area (Å²) in [5, 5.41) is 18.1. The van der Waals surface area contributed by atoms with E-state index in [0.29, 0.717) is 28.6 Å². The molecule has 96 valence electrons. The third-order valence-electron chi connectivity index (χ3n) is 2.54. The molecular formula is C14H11ClN2O2. The SMILES string of the molecule is N#Cc1ccc(COc2ccc(CO)nc2)c(Cl)c1. The Hall–Kier alpha value is -2.09. The summed E-state index contributed by atoms with van der Waals surface area (Å²) in [6.45, 7) is 0.201. The van der Waals surface area contributed by atoms with E-state index in [1.54, 1.807) is 36.5 Å². The smallest absolute Gasteiger partial charge is 0.138 e. The molecule has 1 heterocycles. The molecule has 0 radical (unpaired) electrons. The molecule has 0 spiro atoms. The number of nitriles is 1. The van der Waals surface area contributed by atoms with Gasteiger partial charge in [-0.15, -0.1) is 0 Å². The highest BCUT2D eigenvalue weighted by atomic mass is 35.5. The van der Waals surface area contributed by atoms with Crippen LogP contribution in [-0.2, 0) is 13.2 Å². The topological polar surface area (TPSA) is 66.1 Å². The number of benzene rings is 1. The van der Waals surface area contributed by atoms with E-state index in [1.807, 2.05) is 6.07 Å².